The van der Waals surface area contributed by atoms with Crippen LogP contribution in [0.3, 0.4) is 0 Å². The number of unbranched alkanes of at least 4 members (excludes halogenated alkanes) is 4. The summed E-state index contributed by atoms with van der Waals surface area (Å²) in [5, 5.41) is 3.18. The molecule has 0 aromatic rings. The summed E-state index contributed by atoms with van der Waals surface area (Å²) in [6, 6.07) is 0. The maximum atomic E-state index is 11.3. The van der Waals surface area contributed by atoms with Gasteiger partial charge in [-0.3, -0.25) is 4.79 Å². The molecule has 0 rings (SSSR count). The SMILES string of the molecule is CCCCCCC(=O)CNCCCC. The van der Waals surface area contributed by atoms with E-state index in [1.165, 1.54) is 32.1 Å². The molecule has 0 saturated carbocycles. The monoisotopic (exact) mass is 199 g/mol. The highest BCUT2D eigenvalue weighted by Gasteiger charge is 1.99. The van der Waals surface area contributed by atoms with E-state index in [4.69, 9.17) is 0 Å². The van der Waals surface area contributed by atoms with Crippen molar-refractivity contribution >= 4 is 5.78 Å². The number of carbonyl (C=O) groups excluding carboxylic acids is 1. The van der Waals surface area contributed by atoms with E-state index in [0.29, 0.717) is 12.3 Å². The Morgan fingerprint density at radius 1 is 1.00 bits per heavy atom. The average molecular weight is 199 g/mol. The van der Waals surface area contributed by atoms with E-state index in [2.05, 4.69) is 19.2 Å². The molecule has 0 spiro atoms. The van der Waals surface area contributed by atoms with Crippen molar-refractivity contribution < 1.29 is 4.79 Å². The van der Waals surface area contributed by atoms with Gasteiger partial charge in [0.2, 0.25) is 0 Å². The molecule has 0 unspecified atom stereocenters. The molecule has 1 N–H and O–H groups in total. The second-order valence-electron chi connectivity index (χ2n) is 3.88. The zero-order chi connectivity index (χ0) is 10.6. The van der Waals surface area contributed by atoms with E-state index < -0.39 is 0 Å². The van der Waals surface area contributed by atoms with Crippen molar-refractivity contribution in [2.24, 2.45) is 0 Å². The first-order chi connectivity index (χ1) is 6.81. The minimum absolute atomic E-state index is 0.372. The van der Waals surface area contributed by atoms with Crippen LogP contribution in [0.5, 0.6) is 0 Å². The predicted octanol–water partition coefficient (Wildman–Crippen LogP) is 2.92. The third-order valence-electron chi connectivity index (χ3n) is 2.34. The second-order valence-corrected chi connectivity index (χ2v) is 3.88. The van der Waals surface area contributed by atoms with E-state index in [9.17, 15) is 4.79 Å². The maximum absolute atomic E-state index is 11.3. The molecular formula is C12H25NO. The Kier molecular flexibility index (Phi) is 10.4. The number of carbonyl (C=O) groups is 1. The molecule has 2 nitrogen and oxygen atoms in total. The van der Waals surface area contributed by atoms with Crippen molar-refractivity contribution in [2.75, 3.05) is 13.1 Å². The molecule has 0 aliphatic carbocycles. The molecule has 0 amide bonds. The van der Waals surface area contributed by atoms with Gasteiger partial charge in [-0.1, -0.05) is 39.5 Å². The van der Waals surface area contributed by atoms with Crippen molar-refractivity contribution in [3.63, 3.8) is 0 Å². The van der Waals surface area contributed by atoms with Crippen molar-refractivity contribution in [2.45, 2.75) is 58.8 Å². The van der Waals surface area contributed by atoms with Crippen LogP contribution >= 0.6 is 0 Å². The second kappa shape index (κ2) is 10.7. The van der Waals surface area contributed by atoms with Gasteiger partial charge in [-0.05, 0) is 19.4 Å². The first kappa shape index (κ1) is 13.6. The minimum Gasteiger partial charge on any atom is -0.310 e. The van der Waals surface area contributed by atoms with Crippen molar-refractivity contribution in [3.05, 3.63) is 0 Å². The Morgan fingerprint density at radius 3 is 2.36 bits per heavy atom. The summed E-state index contributed by atoms with van der Waals surface area (Å²) in [6.45, 7) is 5.91. The molecule has 0 saturated heterocycles. The van der Waals surface area contributed by atoms with Crippen LogP contribution in [-0.4, -0.2) is 18.9 Å². The van der Waals surface area contributed by atoms with Crippen LogP contribution in [0.15, 0.2) is 0 Å². The number of Topliss-reactive ketones (excluding diaryl/α,β-unsaturated/α-hetero) is 1. The van der Waals surface area contributed by atoms with Gasteiger partial charge in [0.05, 0.1) is 6.54 Å². The summed E-state index contributed by atoms with van der Waals surface area (Å²) in [4.78, 5) is 11.3. The molecule has 84 valence electrons. The molecule has 0 aromatic carbocycles. The predicted molar refractivity (Wildman–Crippen MR) is 61.5 cm³/mol. The van der Waals surface area contributed by atoms with E-state index >= 15 is 0 Å². The molecule has 0 radical (unpaired) electrons. The summed E-state index contributed by atoms with van der Waals surface area (Å²) in [7, 11) is 0. The Labute approximate surface area is 88.5 Å². The fourth-order valence-corrected chi connectivity index (χ4v) is 1.37. The van der Waals surface area contributed by atoms with Gasteiger partial charge in [0, 0.05) is 6.42 Å². The standard InChI is InChI=1S/C12H25NO/c1-3-5-7-8-9-12(14)11-13-10-6-4-2/h13H,3-11H2,1-2H3. The molecule has 0 atom stereocenters. The van der Waals surface area contributed by atoms with Crippen LogP contribution in [-0.2, 0) is 4.79 Å². The Balaban J connectivity index is 3.11. The van der Waals surface area contributed by atoms with Crippen LogP contribution in [0, 0.1) is 0 Å². The van der Waals surface area contributed by atoms with E-state index in [0.717, 1.165) is 19.4 Å². The molecule has 0 bridgehead atoms. The molecule has 0 fully saturated rings. The minimum atomic E-state index is 0.372. The molecule has 0 aliphatic rings. The summed E-state index contributed by atoms with van der Waals surface area (Å²) in [6.07, 6.45) is 7.90. The van der Waals surface area contributed by atoms with Gasteiger partial charge in [-0.2, -0.15) is 0 Å². The molecule has 0 aromatic heterocycles. The third kappa shape index (κ3) is 9.72. The van der Waals surface area contributed by atoms with Crippen molar-refractivity contribution in [1.29, 1.82) is 0 Å². The van der Waals surface area contributed by atoms with Crippen molar-refractivity contribution in [1.82, 2.24) is 5.32 Å². The number of nitrogens with one attached hydrogen (secondary N) is 1. The highest BCUT2D eigenvalue weighted by Crippen LogP contribution is 2.02. The highest BCUT2D eigenvalue weighted by molar-refractivity contribution is 5.80. The number of hydrogen-bond acceptors (Lipinski definition) is 2. The smallest absolute Gasteiger partial charge is 0.146 e. The van der Waals surface area contributed by atoms with Gasteiger partial charge in [-0.25, -0.2) is 0 Å². The normalized spacial score (nSPS) is 10.4. The van der Waals surface area contributed by atoms with Gasteiger partial charge in [0.1, 0.15) is 5.78 Å². The van der Waals surface area contributed by atoms with Gasteiger partial charge >= 0.3 is 0 Å². The first-order valence-electron chi connectivity index (χ1n) is 6.03. The zero-order valence-electron chi connectivity index (χ0n) is 9.77. The lowest BCUT2D eigenvalue weighted by molar-refractivity contribution is -0.118. The van der Waals surface area contributed by atoms with Gasteiger partial charge in [-0.15, -0.1) is 0 Å². The van der Waals surface area contributed by atoms with E-state index in [-0.39, 0.29) is 0 Å². The molecule has 0 heterocycles. The third-order valence-corrected chi connectivity index (χ3v) is 2.34. The Morgan fingerprint density at radius 2 is 1.71 bits per heavy atom. The summed E-state index contributed by atoms with van der Waals surface area (Å²) >= 11 is 0. The van der Waals surface area contributed by atoms with Gasteiger partial charge < -0.3 is 5.32 Å². The lowest BCUT2D eigenvalue weighted by atomic mass is 10.1. The van der Waals surface area contributed by atoms with Gasteiger partial charge in [0.25, 0.3) is 0 Å². The molecule has 2 heteroatoms. The van der Waals surface area contributed by atoms with Gasteiger partial charge in [0.15, 0.2) is 0 Å². The van der Waals surface area contributed by atoms with E-state index in [1.807, 2.05) is 0 Å². The first-order valence-corrected chi connectivity index (χ1v) is 6.03. The van der Waals surface area contributed by atoms with Crippen LogP contribution < -0.4 is 5.32 Å². The quantitative estimate of drug-likeness (QED) is 0.548. The summed E-state index contributed by atoms with van der Waals surface area (Å²) in [5.74, 6) is 0.372. The maximum Gasteiger partial charge on any atom is 0.146 e. The summed E-state index contributed by atoms with van der Waals surface area (Å²) < 4.78 is 0. The summed E-state index contributed by atoms with van der Waals surface area (Å²) in [5.41, 5.74) is 0. The Bertz CT molecular complexity index is 120. The fraction of sp³-hybridized carbons (Fsp3) is 0.917. The number of rotatable bonds is 10. The fourth-order valence-electron chi connectivity index (χ4n) is 1.37. The highest BCUT2D eigenvalue weighted by atomic mass is 16.1. The topological polar surface area (TPSA) is 29.1 Å². The van der Waals surface area contributed by atoms with Crippen LogP contribution in [0.1, 0.15) is 58.8 Å². The van der Waals surface area contributed by atoms with Crippen LogP contribution in [0.4, 0.5) is 0 Å². The van der Waals surface area contributed by atoms with Crippen LogP contribution in [0.2, 0.25) is 0 Å². The van der Waals surface area contributed by atoms with Crippen LogP contribution in [0.25, 0.3) is 0 Å². The molecule has 14 heavy (non-hydrogen) atoms. The van der Waals surface area contributed by atoms with E-state index in [1.54, 1.807) is 0 Å². The average Bonchev–Trinajstić information content (AvgIpc) is 2.19. The number of ketones is 1. The Hall–Kier alpha value is -0.370. The zero-order valence-corrected chi connectivity index (χ0v) is 9.77. The lowest BCUT2D eigenvalue weighted by Crippen LogP contribution is -2.23. The molecular weight excluding hydrogens is 174 g/mol. The molecule has 0 aliphatic heterocycles. The van der Waals surface area contributed by atoms with Crippen molar-refractivity contribution in [3.8, 4) is 0 Å². The lowest BCUT2D eigenvalue weighted by Gasteiger charge is -2.02. The number of hydrogen-bond donors (Lipinski definition) is 1. The largest absolute Gasteiger partial charge is 0.310 e.